The van der Waals surface area contributed by atoms with E-state index in [0.29, 0.717) is 6.10 Å². The van der Waals surface area contributed by atoms with Gasteiger partial charge in [-0.1, -0.05) is 18.9 Å². The average Bonchev–Trinajstić information content (AvgIpc) is 3.15. The molecule has 0 radical (unpaired) electrons. The summed E-state index contributed by atoms with van der Waals surface area (Å²) in [7, 11) is 1.64. The molecule has 0 N–H and O–H groups in total. The molecule has 1 aromatic rings. The minimum absolute atomic E-state index is 0.313. The summed E-state index contributed by atoms with van der Waals surface area (Å²) in [5, 5.41) is 0. The van der Waals surface area contributed by atoms with Crippen LogP contribution in [0.1, 0.15) is 44.1 Å². The third kappa shape index (κ3) is 2.44. The molecule has 0 aromatic heterocycles. The predicted molar refractivity (Wildman–Crippen MR) is 74.9 cm³/mol. The monoisotopic (exact) mass is 273 g/mol. The number of carbonyl (C=O) groups excluding carboxylic acids is 1. The van der Waals surface area contributed by atoms with Crippen molar-refractivity contribution in [1.82, 2.24) is 0 Å². The molecular weight excluding hydrogens is 254 g/mol. The van der Waals surface area contributed by atoms with E-state index in [1.807, 2.05) is 18.2 Å². The molecule has 0 aliphatic heterocycles. The highest BCUT2D eigenvalue weighted by Gasteiger charge is 2.36. The van der Waals surface area contributed by atoms with Crippen molar-refractivity contribution in [2.45, 2.75) is 50.2 Å². The number of rotatable bonds is 5. The second kappa shape index (κ2) is 5.29. The molecule has 20 heavy (non-hydrogen) atoms. The van der Waals surface area contributed by atoms with Crippen molar-refractivity contribution >= 4 is 6.08 Å². The van der Waals surface area contributed by atoms with Gasteiger partial charge in [-0.25, -0.2) is 4.79 Å². The molecule has 0 amide bonds. The molecule has 3 rings (SSSR count). The fraction of sp³-hybridized carbons (Fsp3) is 0.562. The number of aliphatic imine (C=N–C) groups is 1. The lowest BCUT2D eigenvalue weighted by Crippen LogP contribution is -2.19. The Morgan fingerprint density at radius 2 is 2.00 bits per heavy atom. The Morgan fingerprint density at radius 3 is 2.60 bits per heavy atom. The fourth-order valence-electron chi connectivity index (χ4n) is 2.94. The summed E-state index contributed by atoms with van der Waals surface area (Å²) in [4.78, 5) is 14.9. The number of methoxy groups -OCH3 is 1. The van der Waals surface area contributed by atoms with Crippen molar-refractivity contribution in [2.75, 3.05) is 7.11 Å². The van der Waals surface area contributed by atoms with Crippen molar-refractivity contribution in [3.63, 3.8) is 0 Å². The van der Waals surface area contributed by atoms with Crippen molar-refractivity contribution in [1.29, 1.82) is 0 Å². The molecule has 4 heteroatoms. The van der Waals surface area contributed by atoms with Crippen LogP contribution in [0.5, 0.6) is 11.5 Å². The van der Waals surface area contributed by atoms with Gasteiger partial charge in [0.25, 0.3) is 0 Å². The van der Waals surface area contributed by atoms with Crippen LogP contribution in [-0.2, 0) is 10.3 Å². The molecule has 0 heterocycles. The van der Waals surface area contributed by atoms with E-state index in [-0.39, 0.29) is 0 Å². The quantitative estimate of drug-likeness (QED) is 0.610. The molecule has 1 aromatic carbocycles. The third-order valence-corrected chi connectivity index (χ3v) is 4.21. The lowest BCUT2D eigenvalue weighted by atomic mass is 9.88. The molecule has 0 atom stereocenters. The molecular formula is C16H19NO3. The summed E-state index contributed by atoms with van der Waals surface area (Å²) in [6.45, 7) is 0. The number of hydrogen-bond donors (Lipinski definition) is 0. The van der Waals surface area contributed by atoms with Crippen LogP contribution in [0.4, 0.5) is 0 Å². The van der Waals surface area contributed by atoms with E-state index in [4.69, 9.17) is 9.47 Å². The molecule has 0 bridgehead atoms. The van der Waals surface area contributed by atoms with E-state index < -0.39 is 5.54 Å². The molecule has 4 nitrogen and oxygen atoms in total. The van der Waals surface area contributed by atoms with E-state index in [0.717, 1.165) is 55.6 Å². The van der Waals surface area contributed by atoms with Gasteiger partial charge in [-0.2, -0.15) is 4.99 Å². The van der Waals surface area contributed by atoms with E-state index in [2.05, 4.69) is 4.99 Å². The number of ether oxygens (including phenoxy) is 2. The first-order chi connectivity index (χ1) is 9.77. The maximum absolute atomic E-state index is 10.8. The van der Waals surface area contributed by atoms with Crippen LogP contribution in [0.3, 0.4) is 0 Å². The number of isocyanates is 1. The van der Waals surface area contributed by atoms with E-state index in [9.17, 15) is 4.79 Å². The topological polar surface area (TPSA) is 47.9 Å². The smallest absolute Gasteiger partial charge is 0.235 e. The van der Waals surface area contributed by atoms with Gasteiger partial charge in [0.2, 0.25) is 6.08 Å². The SMILES string of the molecule is COc1ccc(C2(N=C=O)CCCC2)cc1OC1CC1. The number of benzene rings is 1. The molecule has 0 spiro atoms. The van der Waals surface area contributed by atoms with E-state index in [1.165, 1.54) is 0 Å². The number of nitrogens with zero attached hydrogens (tertiary/aromatic N) is 1. The summed E-state index contributed by atoms with van der Waals surface area (Å²) < 4.78 is 11.3. The summed E-state index contributed by atoms with van der Waals surface area (Å²) >= 11 is 0. The van der Waals surface area contributed by atoms with Crippen LogP contribution in [0.2, 0.25) is 0 Å². The zero-order valence-electron chi connectivity index (χ0n) is 11.7. The lowest BCUT2D eigenvalue weighted by Gasteiger charge is -2.24. The predicted octanol–water partition coefficient (Wildman–Crippen LogP) is 3.34. The van der Waals surface area contributed by atoms with Gasteiger partial charge in [0, 0.05) is 0 Å². The van der Waals surface area contributed by atoms with Crippen molar-refractivity contribution < 1.29 is 14.3 Å². The molecule has 0 saturated heterocycles. The highest BCUT2D eigenvalue weighted by atomic mass is 16.5. The van der Waals surface area contributed by atoms with Crippen molar-refractivity contribution in [3.05, 3.63) is 23.8 Å². The van der Waals surface area contributed by atoms with Crippen LogP contribution in [-0.4, -0.2) is 19.3 Å². The highest BCUT2D eigenvalue weighted by molar-refractivity contribution is 5.47. The summed E-state index contributed by atoms with van der Waals surface area (Å²) in [6, 6.07) is 5.89. The first kappa shape index (κ1) is 13.2. The zero-order valence-corrected chi connectivity index (χ0v) is 11.7. The summed E-state index contributed by atoms with van der Waals surface area (Å²) in [5.41, 5.74) is 0.630. The van der Waals surface area contributed by atoms with Gasteiger partial charge in [0.05, 0.1) is 18.8 Å². The van der Waals surface area contributed by atoms with E-state index >= 15 is 0 Å². The molecule has 0 unspecified atom stereocenters. The Hall–Kier alpha value is -1.80. The Bertz CT molecular complexity index is 539. The van der Waals surface area contributed by atoms with E-state index in [1.54, 1.807) is 13.2 Å². The van der Waals surface area contributed by atoms with Gasteiger partial charge < -0.3 is 9.47 Å². The van der Waals surface area contributed by atoms with Crippen LogP contribution < -0.4 is 9.47 Å². The van der Waals surface area contributed by atoms with Gasteiger partial charge in [-0.05, 0) is 43.4 Å². The van der Waals surface area contributed by atoms with Crippen LogP contribution in [0.25, 0.3) is 0 Å². The molecule has 2 aliphatic rings. The Morgan fingerprint density at radius 1 is 1.25 bits per heavy atom. The zero-order chi connectivity index (χ0) is 14.0. The maximum Gasteiger partial charge on any atom is 0.235 e. The number of hydrogen-bond acceptors (Lipinski definition) is 4. The van der Waals surface area contributed by atoms with Gasteiger partial charge in [0.15, 0.2) is 11.5 Å². The third-order valence-electron chi connectivity index (χ3n) is 4.21. The van der Waals surface area contributed by atoms with Gasteiger partial charge in [-0.3, -0.25) is 0 Å². The second-order valence-electron chi connectivity index (χ2n) is 5.62. The minimum Gasteiger partial charge on any atom is -0.493 e. The van der Waals surface area contributed by atoms with Crippen molar-refractivity contribution in [2.24, 2.45) is 4.99 Å². The Balaban J connectivity index is 1.97. The molecule has 106 valence electrons. The standard InChI is InChI=1S/C16H19NO3/c1-19-14-7-4-12(10-15(14)20-13-5-6-13)16(17-11-18)8-2-3-9-16/h4,7,10,13H,2-3,5-6,8-9H2,1H3. The largest absolute Gasteiger partial charge is 0.493 e. The van der Waals surface area contributed by atoms with Crippen LogP contribution in [0.15, 0.2) is 23.2 Å². The van der Waals surface area contributed by atoms with Gasteiger partial charge in [-0.15, -0.1) is 0 Å². The fourth-order valence-corrected chi connectivity index (χ4v) is 2.94. The molecule has 2 fully saturated rings. The van der Waals surface area contributed by atoms with Crippen LogP contribution >= 0.6 is 0 Å². The normalized spacial score (nSPS) is 20.2. The Labute approximate surface area is 118 Å². The maximum atomic E-state index is 10.8. The second-order valence-corrected chi connectivity index (χ2v) is 5.62. The lowest BCUT2D eigenvalue weighted by molar-refractivity contribution is 0.280. The molecule has 2 saturated carbocycles. The van der Waals surface area contributed by atoms with Gasteiger partial charge in [0.1, 0.15) is 0 Å². The Kier molecular flexibility index (Phi) is 3.49. The van der Waals surface area contributed by atoms with Crippen LogP contribution in [0, 0.1) is 0 Å². The van der Waals surface area contributed by atoms with Crippen molar-refractivity contribution in [3.8, 4) is 11.5 Å². The minimum atomic E-state index is -0.407. The summed E-state index contributed by atoms with van der Waals surface area (Å²) in [6.07, 6.45) is 8.26. The average molecular weight is 273 g/mol. The van der Waals surface area contributed by atoms with Gasteiger partial charge >= 0.3 is 0 Å². The summed E-state index contributed by atoms with van der Waals surface area (Å²) in [5.74, 6) is 1.50. The first-order valence-electron chi connectivity index (χ1n) is 7.22. The first-order valence-corrected chi connectivity index (χ1v) is 7.22. The molecule has 2 aliphatic carbocycles. The highest BCUT2D eigenvalue weighted by Crippen LogP contribution is 2.45.